The number of carbonyl (C=O) groups is 4. The Morgan fingerprint density at radius 2 is 1.02 bits per heavy atom. The van der Waals surface area contributed by atoms with Gasteiger partial charge in [0.05, 0.1) is 25.4 Å². The molecule has 16 N–H and O–H groups in total. The van der Waals surface area contributed by atoms with Crippen molar-refractivity contribution in [1.82, 2.24) is 4.72 Å². The predicted molar refractivity (Wildman–Crippen MR) is 153 cm³/mol. The summed E-state index contributed by atoms with van der Waals surface area (Å²) in [5.41, 5.74) is 0.220. The summed E-state index contributed by atoms with van der Waals surface area (Å²) in [6, 6.07) is 6.09. The number of hydrogen-bond donors (Lipinski definition) is 16. The third-order valence-electron chi connectivity index (χ3n) is 5.85. The average molecular weight is 724 g/mol. The van der Waals surface area contributed by atoms with Crippen LogP contribution in [0.4, 0.5) is 0 Å². The third-order valence-corrected chi connectivity index (χ3v) is 7.24. The zero-order valence-electron chi connectivity index (χ0n) is 24.8. The molecule has 278 valence electrons. The highest BCUT2D eigenvalue weighted by molar-refractivity contribution is 7.90. The quantitative estimate of drug-likeness (QED) is 0.0747. The van der Waals surface area contributed by atoms with Crippen molar-refractivity contribution < 1.29 is 104 Å². The Morgan fingerprint density at radius 3 is 1.35 bits per heavy atom. The minimum atomic E-state index is -3.55. The van der Waals surface area contributed by atoms with Crippen LogP contribution in [-0.2, 0) is 24.4 Å². The van der Waals surface area contributed by atoms with Crippen LogP contribution in [0, 0.1) is 0 Å². The number of aliphatic hydroxyl groups is 15. The molecule has 2 rings (SSSR count). The number of sulfonamides is 1. The number of aliphatic hydroxyl groups excluding tert-OH is 15. The molecule has 1 aliphatic heterocycles. The summed E-state index contributed by atoms with van der Waals surface area (Å²) >= 11 is 0. The van der Waals surface area contributed by atoms with Gasteiger partial charge < -0.3 is 81.4 Å². The molecule has 0 saturated carbocycles. The number of fused-ring (bicyclic) bond motifs is 1. The highest BCUT2D eigenvalue weighted by Gasteiger charge is 2.32. The Labute approximate surface area is 271 Å². The van der Waals surface area contributed by atoms with E-state index in [1.807, 2.05) is 4.72 Å². The van der Waals surface area contributed by atoms with Gasteiger partial charge in [-0.25, -0.2) is 13.1 Å². The minimum absolute atomic E-state index is 0.0258. The Balaban J connectivity index is 0. The second-order valence-electron chi connectivity index (χ2n) is 9.41. The van der Waals surface area contributed by atoms with Crippen LogP contribution in [0.5, 0.6) is 0 Å². The third kappa shape index (κ3) is 15.1. The maximum atomic E-state index is 11.1. The zero-order chi connectivity index (χ0) is 37.9. The van der Waals surface area contributed by atoms with Crippen molar-refractivity contribution in [2.75, 3.05) is 33.0 Å². The molecule has 0 unspecified atom stereocenters. The molecule has 10 atom stereocenters. The predicted octanol–water partition coefficient (Wildman–Crippen LogP) is -10.0. The van der Waals surface area contributed by atoms with Crippen LogP contribution in [0.2, 0.25) is 0 Å². The van der Waals surface area contributed by atoms with Crippen molar-refractivity contribution in [2.24, 2.45) is 0 Å². The second kappa shape index (κ2) is 23.4. The molecular weight excluding hydrogens is 682 g/mol. The first kappa shape index (κ1) is 47.2. The lowest BCUT2D eigenvalue weighted by Gasteiger charge is -2.22. The Hall–Kier alpha value is -2.95. The number of rotatable bonds is 15. The number of benzene rings is 1. The molecule has 0 bridgehead atoms. The maximum Gasteiger partial charge on any atom is 0.266 e. The van der Waals surface area contributed by atoms with Crippen LogP contribution >= 0.6 is 0 Å². The lowest BCUT2D eigenvalue weighted by Crippen LogP contribution is -2.46. The lowest BCUT2D eigenvalue weighted by molar-refractivity contribution is -0.143. The van der Waals surface area contributed by atoms with Gasteiger partial charge in [-0.15, -0.1) is 0 Å². The number of aldehydes is 1. The van der Waals surface area contributed by atoms with Crippen LogP contribution < -0.4 is 4.72 Å². The zero-order valence-corrected chi connectivity index (χ0v) is 25.6. The summed E-state index contributed by atoms with van der Waals surface area (Å²) < 4.78 is 24.2. The fourth-order valence-corrected chi connectivity index (χ4v) is 4.12. The molecule has 0 aliphatic carbocycles. The molecule has 48 heavy (non-hydrogen) atoms. The Bertz CT molecular complexity index is 1200. The number of carbonyl (C=O) groups excluding carboxylic acids is 4. The van der Waals surface area contributed by atoms with Crippen molar-refractivity contribution in [3.63, 3.8) is 0 Å². The van der Waals surface area contributed by atoms with Gasteiger partial charge in [0.1, 0.15) is 79.1 Å². The minimum Gasteiger partial charge on any atom is -0.394 e. The van der Waals surface area contributed by atoms with E-state index in [0.29, 0.717) is 0 Å². The van der Waals surface area contributed by atoms with Gasteiger partial charge in [-0.2, -0.15) is 0 Å². The molecule has 0 saturated heterocycles. The Morgan fingerprint density at radius 1 is 0.646 bits per heavy atom. The molecular formula is C25H41NO21S. The van der Waals surface area contributed by atoms with Crippen molar-refractivity contribution in [3.8, 4) is 0 Å². The first-order chi connectivity index (χ1) is 22.2. The monoisotopic (exact) mass is 723 g/mol. The summed E-state index contributed by atoms with van der Waals surface area (Å²) in [6.45, 7) is -4.13. The van der Waals surface area contributed by atoms with E-state index in [0.717, 1.165) is 0 Å². The van der Waals surface area contributed by atoms with Crippen LogP contribution in [0.1, 0.15) is 10.4 Å². The van der Waals surface area contributed by atoms with E-state index in [2.05, 4.69) is 0 Å². The largest absolute Gasteiger partial charge is 0.394 e. The standard InChI is InChI=1S/C7H5NO3S.3C6H12O6/c9-7-5-3-1-2-4-6(5)12(10,11)8-7;3*7-1-3(9)5(11)6(12)4(10)2-8/h1-4H,(H,8,9);2*3,5-9,11-12H,1-2H2;1,3-6,8-12H,2H2/t;3-,5-,6+;3-,5-,6-;3-,4+,5+,6+/m.110/s1. The van der Waals surface area contributed by atoms with E-state index in [1.165, 1.54) is 12.1 Å². The molecule has 1 aliphatic rings. The molecule has 0 radical (unpaired) electrons. The van der Waals surface area contributed by atoms with Crippen LogP contribution in [0.3, 0.4) is 0 Å². The van der Waals surface area contributed by atoms with Gasteiger partial charge in [0.15, 0.2) is 17.9 Å². The van der Waals surface area contributed by atoms with Crippen LogP contribution in [0.25, 0.3) is 0 Å². The summed E-state index contributed by atoms with van der Waals surface area (Å²) in [5, 5.41) is 130. The molecule has 1 aromatic carbocycles. The highest BCUT2D eigenvalue weighted by atomic mass is 32.2. The molecule has 1 heterocycles. The first-order valence-corrected chi connectivity index (χ1v) is 14.7. The molecule has 1 aromatic rings. The summed E-state index contributed by atoms with van der Waals surface area (Å²) in [4.78, 5) is 42.0. The smallest absolute Gasteiger partial charge is 0.266 e. The van der Waals surface area contributed by atoms with Crippen molar-refractivity contribution >= 4 is 33.8 Å². The molecule has 23 heteroatoms. The van der Waals surface area contributed by atoms with Crippen LogP contribution in [-0.4, -0.2) is 203 Å². The topological polar surface area (TPSA) is 418 Å². The number of Topliss-reactive ketones (excluding diaryl/α,β-unsaturated/α-hetero) is 2. The number of ketones is 2. The van der Waals surface area contributed by atoms with E-state index in [1.54, 1.807) is 12.1 Å². The normalized spacial score (nSPS) is 19.1. The highest BCUT2D eigenvalue weighted by Crippen LogP contribution is 2.20. The van der Waals surface area contributed by atoms with Gasteiger partial charge in [-0.05, 0) is 12.1 Å². The number of hydrogen-bond acceptors (Lipinski definition) is 21. The maximum absolute atomic E-state index is 11.1. The fraction of sp³-hybridized carbons (Fsp3) is 0.600. The van der Waals surface area contributed by atoms with Gasteiger partial charge in [0, 0.05) is 0 Å². The Kier molecular flexibility index (Phi) is 23.0. The van der Waals surface area contributed by atoms with Gasteiger partial charge in [-0.3, -0.25) is 14.4 Å². The summed E-state index contributed by atoms with van der Waals surface area (Å²) in [6.07, 6.45) is -17.3. The average Bonchev–Trinajstić information content (AvgIpc) is 3.35. The fourth-order valence-electron chi connectivity index (χ4n) is 2.94. The van der Waals surface area contributed by atoms with E-state index in [4.69, 9.17) is 76.6 Å². The van der Waals surface area contributed by atoms with E-state index < -0.39 is 122 Å². The van der Waals surface area contributed by atoms with E-state index in [9.17, 15) is 27.6 Å². The number of amides is 1. The molecule has 0 spiro atoms. The van der Waals surface area contributed by atoms with E-state index in [-0.39, 0.29) is 16.7 Å². The van der Waals surface area contributed by atoms with Crippen molar-refractivity contribution in [1.29, 1.82) is 0 Å². The molecule has 0 fully saturated rings. The van der Waals surface area contributed by atoms with E-state index >= 15 is 0 Å². The van der Waals surface area contributed by atoms with Gasteiger partial charge in [-0.1, -0.05) is 12.1 Å². The summed E-state index contributed by atoms with van der Waals surface area (Å²) in [7, 11) is -3.55. The molecule has 22 nitrogen and oxygen atoms in total. The first-order valence-electron chi connectivity index (χ1n) is 13.3. The number of nitrogens with one attached hydrogen (secondary N) is 1. The van der Waals surface area contributed by atoms with Crippen molar-refractivity contribution in [3.05, 3.63) is 29.8 Å². The van der Waals surface area contributed by atoms with Crippen molar-refractivity contribution in [2.45, 2.75) is 65.9 Å². The van der Waals surface area contributed by atoms with Gasteiger partial charge in [0.2, 0.25) is 0 Å². The van der Waals surface area contributed by atoms with Crippen LogP contribution in [0.15, 0.2) is 29.2 Å². The summed E-state index contributed by atoms with van der Waals surface area (Å²) in [5.74, 6) is -2.56. The van der Waals surface area contributed by atoms with Gasteiger partial charge >= 0.3 is 0 Å². The second-order valence-corrected chi connectivity index (χ2v) is 11.1. The molecule has 0 aromatic heterocycles. The van der Waals surface area contributed by atoms with Gasteiger partial charge in [0.25, 0.3) is 15.9 Å². The SMILES string of the molecule is O=C(CO)[C@@H](O)[C@H](O)[C@H](O)CO.O=C(CO)[C@H](O)[C@H](O)[C@H](O)CO.O=C1NS(=O)(=O)c2ccccc21.O=C[C@H](O)[C@@H](O)[C@H](O)[C@H](O)CO. The lowest BCUT2D eigenvalue weighted by atomic mass is 10.0. The molecule has 1 amide bonds.